The van der Waals surface area contributed by atoms with Crippen LogP contribution < -0.4 is 0 Å². The molecule has 2 rings (SSSR count). The summed E-state index contributed by atoms with van der Waals surface area (Å²) in [7, 11) is 0. The molecule has 3 nitrogen and oxygen atoms in total. The van der Waals surface area contributed by atoms with Gasteiger partial charge < -0.3 is 4.74 Å². The molecule has 0 aromatic heterocycles. The van der Waals surface area contributed by atoms with Gasteiger partial charge in [0.15, 0.2) is 0 Å². The van der Waals surface area contributed by atoms with Gasteiger partial charge in [0.25, 0.3) is 0 Å². The molecule has 1 heterocycles. The molecule has 116 valence electrons. The van der Waals surface area contributed by atoms with Crippen molar-refractivity contribution in [2.75, 3.05) is 6.54 Å². The summed E-state index contributed by atoms with van der Waals surface area (Å²) in [6.07, 6.45) is 5.87. The minimum atomic E-state index is -0.375. The van der Waals surface area contributed by atoms with E-state index >= 15 is 0 Å². The first kappa shape index (κ1) is 15.8. The van der Waals surface area contributed by atoms with Crippen molar-refractivity contribution in [1.29, 1.82) is 0 Å². The van der Waals surface area contributed by atoms with Crippen molar-refractivity contribution in [2.45, 2.75) is 84.4 Å². The van der Waals surface area contributed by atoms with Crippen LogP contribution >= 0.6 is 0 Å². The smallest absolute Gasteiger partial charge is 0.323 e. The molecule has 2 aliphatic rings. The van der Waals surface area contributed by atoms with E-state index in [-0.39, 0.29) is 17.6 Å². The zero-order chi connectivity index (χ0) is 14.9. The van der Waals surface area contributed by atoms with E-state index in [1.165, 1.54) is 19.3 Å². The van der Waals surface area contributed by atoms with E-state index in [0.29, 0.717) is 6.04 Å². The standard InChI is InChI=1S/C17H31NO2/c1-12-8-9-14(11-13(12)2)18-10-6-7-15(18)16(19)20-17(3,4)5/h12-15H,6-11H2,1-5H3/t12?,13?,14?,15-/m1/s1. The van der Waals surface area contributed by atoms with E-state index in [1.54, 1.807) is 0 Å². The first-order valence-electron chi connectivity index (χ1n) is 8.26. The molecule has 1 aliphatic heterocycles. The molecule has 0 N–H and O–H groups in total. The van der Waals surface area contributed by atoms with Gasteiger partial charge in [0.05, 0.1) is 0 Å². The number of hydrogen-bond donors (Lipinski definition) is 0. The monoisotopic (exact) mass is 281 g/mol. The molecule has 3 heteroatoms. The van der Waals surface area contributed by atoms with Crippen LogP contribution in [0, 0.1) is 11.8 Å². The molecule has 1 aliphatic carbocycles. The predicted octanol–water partition coefficient (Wildman–Crippen LogP) is 3.62. The summed E-state index contributed by atoms with van der Waals surface area (Å²) in [5.41, 5.74) is -0.375. The summed E-state index contributed by atoms with van der Waals surface area (Å²) < 4.78 is 5.61. The Morgan fingerprint density at radius 3 is 2.40 bits per heavy atom. The normalized spacial score (nSPS) is 36.0. The molecule has 1 saturated carbocycles. The largest absolute Gasteiger partial charge is 0.459 e. The highest BCUT2D eigenvalue weighted by atomic mass is 16.6. The lowest BCUT2D eigenvalue weighted by molar-refractivity contribution is -0.161. The Balaban J connectivity index is 1.98. The minimum Gasteiger partial charge on any atom is -0.459 e. The van der Waals surface area contributed by atoms with Crippen molar-refractivity contribution < 1.29 is 9.53 Å². The van der Waals surface area contributed by atoms with Gasteiger partial charge in [0, 0.05) is 6.04 Å². The third-order valence-electron chi connectivity index (χ3n) is 5.01. The molecule has 2 fully saturated rings. The number of likely N-dealkylation sites (tertiary alicyclic amines) is 1. The number of ether oxygens (including phenoxy) is 1. The van der Waals surface area contributed by atoms with Crippen LogP contribution in [0.3, 0.4) is 0 Å². The van der Waals surface area contributed by atoms with Gasteiger partial charge in [-0.2, -0.15) is 0 Å². The first-order valence-corrected chi connectivity index (χ1v) is 8.26. The Morgan fingerprint density at radius 1 is 1.10 bits per heavy atom. The van der Waals surface area contributed by atoms with Gasteiger partial charge in [0.1, 0.15) is 11.6 Å². The lowest BCUT2D eigenvalue weighted by Crippen LogP contribution is -2.47. The third-order valence-corrected chi connectivity index (χ3v) is 5.01. The summed E-state index contributed by atoms with van der Waals surface area (Å²) in [6.45, 7) is 11.6. The van der Waals surface area contributed by atoms with Crippen LogP contribution in [0.15, 0.2) is 0 Å². The summed E-state index contributed by atoms with van der Waals surface area (Å²) in [5, 5.41) is 0. The maximum absolute atomic E-state index is 12.4. The van der Waals surface area contributed by atoms with Crippen molar-refractivity contribution >= 4 is 5.97 Å². The lowest BCUT2D eigenvalue weighted by Gasteiger charge is -2.39. The van der Waals surface area contributed by atoms with E-state index in [9.17, 15) is 4.79 Å². The van der Waals surface area contributed by atoms with E-state index in [2.05, 4.69) is 18.7 Å². The highest BCUT2D eigenvalue weighted by molar-refractivity contribution is 5.76. The van der Waals surface area contributed by atoms with Crippen LogP contribution in [-0.4, -0.2) is 35.1 Å². The molecular weight excluding hydrogens is 250 g/mol. The molecular formula is C17H31NO2. The molecule has 0 amide bonds. The van der Waals surface area contributed by atoms with Crippen LogP contribution in [0.1, 0.15) is 66.7 Å². The molecule has 20 heavy (non-hydrogen) atoms. The molecule has 0 bridgehead atoms. The van der Waals surface area contributed by atoms with Crippen molar-refractivity contribution in [2.24, 2.45) is 11.8 Å². The number of nitrogens with zero attached hydrogens (tertiary/aromatic N) is 1. The Kier molecular flexibility index (Phi) is 4.78. The van der Waals surface area contributed by atoms with Crippen molar-refractivity contribution in [3.05, 3.63) is 0 Å². The number of carbonyl (C=O) groups excluding carboxylic acids is 1. The highest BCUT2D eigenvalue weighted by Crippen LogP contribution is 2.35. The number of carbonyl (C=O) groups is 1. The summed E-state index contributed by atoms with van der Waals surface area (Å²) in [4.78, 5) is 14.8. The highest BCUT2D eigenvalue weighted by Gasteiger charge is 2.39. The maximum atomic E-state index is 12.4. The SMILES string of the molecule is CC1CCC(N2CCC[C@@H]2C(=O)OC(C)(C)C)CC1C. The van der Waals surface area contributed by atoms with Gasteiger partial charge in [-0.25, -0.2) is 0 Å². The zero-order valence-electron chi connectivity index (χ0n) is 13.8. The molecule has 0 spiro atoms. The van der Waals surface area contributed by atoms with Crippen LogP contribution in [-0.2, 0) is 9.53 Å². The quantitative estimate of drug-likeness (QED) is 0.724. The van der Waals surface area contributed by atoms with Crippen molar-refractivity contribution in [3.63, 3.8) is 0 Å². The van der Waals surface area contributed by atoms with E-state index in [0.717, 1.165) is 31.2 Å². The minimum absolute atomic E-state index is 0.000156. The first-order chi connectivity index (χ1) is 9.28. The second-order valence-corrected chi connectivity index (χ2v) is 7.85. The molecule has 0 aromatic carbocycles. The second-order valence-electron chi connectivity index (χ2n) is 7.85. The Hall–Kier alpha value is -0.570. The van der Waals surface area contributed by atoms with Gasteiger partial charge in [-0.05, 0) is 71.3 Å². The number of esters is 1. The fraction of sp³-hybridized carbons (Fsp3) is 0.941. The zero-order valence-corrected chi connectivity index (χ0v) is 13.8. The number of hydrogen-bond acceptors (Lipinski definition) is 3. The summed E-state index contributed by atoms with van der Waals surface area (Å²) >= 11 is 0. The van der Waals surface area contributed by atoms with Crippen LogP contribution in [0.2, 0.25) is 0 Å². The van der Waals surface area contributed by atoms with E-state index in [4.69, 9.17) is 4.74 Å². The van der Waals surface area contributed by atoms with E-state index in [1.807, 2.05) is 20.8 Å². The molecule has 0 radical (unpaired) electrons. The average molecular weight is 281 g/mol. The fourth-order valence-electron chi connectivity index (χ4n) is 3.67. The van der Waals surface area contributed by atoms with Crippen LogP contribution in [0.25, 0.3) is 0 Å². The van der Waals surface area contributed by atoms with Crippen molar-refractivity contribution in [1.82, 2.24) is 4.90 Å². The van der Waals surface area contributed by atoms with E-state index < -0.39 is 0 Å². The second kappa shape index (κ2) is 6.05. The molecule has 4 atom stereocenters. The van der Waals surface area contributed by atoms with Crippen LogP contribution in [0.5, 0.6) is 0 Å². The lowest BCUT2D eigenvalue weighted by atomic mass is 9.78. The van der Waals surface area contributed by atoms with Gasteiger partial charge in [-0.15, -0.1) is 0 Å². The van der Waals surface area contributed by atoms with Gasteiger partial charge in [-0.1, -0.05) is 13.8 Å². The topological polar surface area (TPSA) is 29.5 Å². The number of rotatable bonds is 2. The Labute approximate surface area is 124 Å². The summed E-state index contributed by atoms with van der Waals surface area (Å²) in [5.74, 6) is 1.59. The maximum Gasteiger partial charge on any atom is 0.323 e. The molecule has 3 unspecified atom stereocenters. The van der Waals surface area contributed by atoms with Gasteiger partial charge in [0.2, 0.25) is 0 Å². The third kappa shape index (κ3) is 3.75. The Bertz CT molecular complexity index is 347. The van der Waals surface area contributed by atoms with Crippen LogP contribution in [0.4, 0.5) is 0 Å². The fourth-order valence-corrected chi connectivity index (χ4v) is 3.67. The average Bonchev–Trinajstić information content (AvgIpc) is 2.79. The Morgan fingerprint density at radius 2 is 1.80 bits per heavy atom. The van der Waals surface area contributed by atoms with Gasteiger partial charge in [-0.3, -0.25) is 9.69 Å². The summed E-state index contributed by atoms with van der Waals surface area (Å²) in [6, 6.07) is 0.584. The van der Waals surface area contributed by atoms with Crippen molar-refractivity contribution in [3.8, 4) is 0 Å². The predicted molar refractivity (Wildman–Crippen MR) is 81.5 cm³/mol. The molecule has 0 aromatic rings. The molecule has 1 saturated heterocycles. The van der Waals surface area contributed by atoms with Gasteiger partial charge >= 0.3 is 5.97 Å².